The second kappa shape index (κ2) is 7.60. The fraction of sp³-hybridized carbons (Fsp3) is 0.526. The van der Waals surface area contributed by atoms with E-state index < -0.39 is 11.9 Å². The van der Waals surface area contributed by atoms with Gasteiger partial charge in [-0.05, 0) is 45.2 Å². The molecule has 5 nitrogen and oxygen atoms in total. The number of ketones is 1. The monoisotopic (exact) mass is 331 g/mol. The average Bonchev–Trinajstić information content (AvgIpc) is 2.54. The standard InChI is InChI=1S/C19H25NO4/c1-12-6-7-13(2)16(11-12)17(21)8-9-18(22)20-10-4-5-15(14(20)3)19(23)24/h6-7,11,14-15H,4-5,8-10H2,1-3H3,(H,23,24)/t14-,15-/m1/s1. The molecule has 24 heavy (non-hydrogen) atoms. The molecule has 1 aliphatic heterocycles. The van der Waals surface area contributed by atoms with Gasteiger partial charge in [-0.2, -0.15) is 0 Å². The average molecular weight is 331 g/mol. The number of nitrogens with zero attached hydrogens (tertiary/aromatic N) is 1. The highest BCUT2D eigenvalue weighted by Gasteiger charge is 2.35. The Morgan fingerprint density at radius 3 is 2.58 bits per heavy atom. The van der Waals surface area contributed by atoms with Crippen LogP contribution >= 0.6 is 0 Å². The maximum atomic E-state index is 12.4. The molecule has 1 aliphatic rings. The first kappa shape index (κ1) is 18.2. The van der Waals surface area contributed by atoms with Gasteiger partial charge in [-0.3, -0.25) is 14.4 Å². The molecule has 2 atom stereocenters. The summed E-state index contributed by atoms with van der Waals surface area (Å²) in [4.78, 5) is 37.7. The summed E-state index contributed by atoms with van der Waals surface area (Å²) in [5.41, 5.74) is 2.59. The summed E-state index contributed by atoms with van der Waals surface area (Å²) < 4.78 is 0. The zero-order chi connectivity index (χ0) is 17.9. The number of amides is 1. The number of aliphatic carboxylic acids is 1. The molecule has 1 N–H and O–H groups in total. The summed E-state index contributed by atoms with van der Waals surface area (Å²) in [6.07, 6.45) is 1.58. The van der Waals surface area contributed by atoms with Crippen molar-refractivity contribution >= 4 is 17.7 Å². The van der Waals surface area contributed by atoms with E-state index in [1.165, 1.54) is 0 Å². The highest BCUT2D eigenvalue weighted by molar-refractivity contribution is 5.99. The summed E-state index contributed by atoms with van der Waals surface area (Å²) in [6.45, 7) is 6.17. The van der Waals surface area contributed by atoms with Gasteiger partial charge >= 0.3 is 5.97 Å². The Labute approximate surface area is 142 Å². The Balaban J connectivity index is 1.98. The number of aryl methyl sites for hydroxylation is 2. The molecule has 0 bridgehead atoms. The first-order chi connectivity index (χ1) is 11.3. The van der Waals surface area contributed by atoms with Gasteiger partial charge in [0.2, 0.25) is 5.91 Å². The van der Waals surface area contributed by atoms with Gasteiger partial charge in [0.15, 0.2) is 5.78 Å². The molecule has 1 heterocycles. The fourth-order valence-electron chi connectivity index (χ4n) is 3.36. The van der Waals surface area contributed by atoms with Crippen LogP contribution in [0.3, 0.4) is 0 Å². The van der Waals surface area contributed by atoms with Gasteiger partial charge < -0.3 is 10.0 Å². The van der Waals surface area contributed by atoms with E-state index in [2.05, 4.69) is 0 Å². The van der Waals surface area contributed by atoms with Crippen LogP contribution in [-0.4, -0.2) is 40.3 Å². The van der Waals surface area contributed by atoms with Crippen LogP contribution in [0.4, 0.5) is 0 Å². The van der Waals surface area contributed by atoms with Crippen LogP contribution in [0.2, 0.25) is 0 Å². The molecule has 1 amide bonds. The summed E-state index contributed by atoms with van der Waals surface area (Å²) >= 11 is 0. The molecular weight excluding hydrogens is 306 g/mol. The molecule has 5 heteroatoms. The maximum Gasteiger partial charge on any atom is 0.308 e. The Bertz CT molecular complexity index is 653. The van der Waals surface area contributed by atoms with Crippen molar-refractivity contribution in [3.8, 4) is 0 Å². The highest BCUT2D eigenvalue weighted by atomic mass is 16.4. The van der Waals surface area contributed by atoms with Gasteiger partial charge in [-0.25, -0.2) is 0 Å². The number of hydrogen-bond donors (Lipinski definition) is 1. The highest BCUT2D eigenvalue weighted by Crippen LogP contribution is 2.25. The third kappa shape index (κ3) is 4.02. The van der Waals surface area contributed by atoms with Crippen molar-refractivity contribution in [3.05, 3.63) is 34.9 Å². The van der Waals surface area contributed by atoms with Crippen molar-refractivity contribution in [1.29, 1.82) is 0 Å². The van der Waals surface area contributed by atoms with Crippen LogP contribution < -0.4 is 0 Å². The number of carbonyl (C=O) groups is 3. The predicted octanol–water partition coefficient (Wildman–Crippen LogP) is 2.98. The van der Waals surface area contributed by atoms with Gasteiger partial charge in [0.05, 0.1) is 5.92 Å². The van der Waals surface area contributed by atoms with Crippen molar-refractivity contribution in [3.63, 3.8) is 0 Å². The van der Waals surface area contributed by atoms with Crippen LogP contribution in [0.5, 0.6) is 0 Å². The molecule has 0 saturated carbocycles. The zero-order valence-electron chi connectivity index (χ0n) is 14.5. The van der Waals surface area contributed by atoms with E-state index in [1.807, 2.05) is 32.0 Å². The Morgan fingerprint density at radius 2 is 1.92 bits per heavy atom. The minimum atomic E-state index is -0.855. The van der Waals surface area contributed by atoms with Crippen molar-refractivity contribution in [2.24, 2.45) is 5.92 Å². The van der Waals surface area contributed by atoms with Crippen LogP contribution in [0.15, 0.2) is 18.2 Å². The van der Waals surface area contributed by atoms with E-state index in [0.29, 0.717) is 24.9 Å². The summed E-state index contributed by atoms with van der Waals surface area (Å²) in [5, 5.41) is 9.24. The number of Topliss-reactive ketones (excluding diaryl/α,β-unsaturated/α-hetero) is 1. The van der Waals surface area contributed by atoms with Crippen molar-refractivity contribution in [2.45, 2.75) is 52.5 Å². The SMILES string of the molecule is Cc1ccc(C)c(C(=O)CCC(=O)N2CCC[C@@H](C(=O)O)[C@H]2C)c1. The number of piperidine rings is 1. The van der Waals surface area contributed by atoms with Crippen molar-refractivity contribution < 1.29 is 19.5 Å². The quantitative estimate of drug-likeness (QED) is 0.842. The maximum absolute atomic E-state index is 12.4. The largest absolute Gasteiger partial charge is 0.481 e. The summed E-state index contributed by atoms with van der Waals surface area (Å²) in [5.74, 6) is -1.54. The second-order valence-electron chi connectivity index (χ2n) is 6.66. The van der Waals surface area contributed by atoms with Crippen LogP contribution in [-0.2, 0) is 9.59 Å². The van der Waals surface area contributed by atoms with Gasteiger partial charge in [0, 0.05) is 31.0 Å². The lowest BCUT2D eigenvalue weighted by Gasteiger charge is -2.37. The minimum Gasteiger partial charge on any atom is -0.481 e. The van der Waals surface area contributed by atoms with Crippen LogP contribution in [0, 0.1) is 19.8 Å². The Hall–Kier alpha value is -2.17. The second-order valence-corrected chi connectivity index (χ2v) is 6.66. The molecule has 0 radical (unpaired) electrons. The third-order valence-electron chi connectivity index (χ3n) is 4.89. The van der Waals surface area contributed by atoms with E-state index in [0.717, 1.165) is 11.1 Å². The molecule has 0 unspecified atom stereocenters. The first-order valence-corrected chi connectivity index (χ1v) is 8.44. The van der Waals surface area contributed by atoms with Gasteiger partial charge in [-0.15, -0.1) is 0 Å². The van der Waals surface area contributed by atoms with Crippen LogP contribution in [0.1, 0.15) is 54.1 Å². The van der Waals surface area contributed by atoms with E-state index in [9.17, 15) is 19.5 Å². The van der Waals surface area contributed by atoms with Gasteiger partial charge in [0.1, 0.15) is 0 Å². The molecule has 0 spiro atoms. The van der Waals surface area contributed by atoms with Gasteiger partial charge in [-0.1, -0.05) is 17.7 Å². The number of likely N-dealkylation sites (tertiary alicyclic amines) is 1. The number of carboxylic acid groups (broad SMARTS) is 1. The number of carbonyl (C=O) groups excluding carboxylic acids is 2. The Morgan fingerprint density at radius 1 is 1.21 bits per heavy atom. The topological polar surface area (TPSA) is 74.7 Å². The molecule has 0 aromatic heterocycles. The lowest BCUT2D eigenvalue weighted by Crippen LogP contribution is -2.49. The lowest BCUT2D eigenvalue weighted by molar-refractivity contribution is -0.149. The molecule has 1 fully saturated rings. The van der Waals surface area contributed by atoms with E-state index in [1.54, 1.807) is 11.8 Å². The van der Waals surface area contributed by atoms with E-state index >= 15 is 0 Å². The number of carboxylic acids is 1. The molecule has 130 valence electrons. The minimum absolute atomic E-state index is 0.0380. The third-order valence-corrected chi connectivity index (χ3v) is 4.89. The molecule has 1 aromatic rings. The lowest BCUT2D eigenvalue weighted by atomic mass is 9.90. The fourth-order valence-corrected chi connectivity index (χ4v) is 3.36. The van der Waals surface area contributed by atoms with Gasteiger partial charge in [0.25, 0.3) is 0 Å². The Kier molecular flexibility index (Phi) is 5.75. The van der Waals surface area contributed by atoms with Crippen molar-refractivity contribution in [1.82, 2.24) is 4.90 Å². The van der Waals surface area contributed by atoms with Crippen molar-refractivity contribution in [2.75, 3.05) is 6.54 Å². The molecule has 1 saturated heterocycles. The summed E-state index contributed by atoms with van der Waals surface area (Å²) in [7, 11) is 0. The van der Waals surface area contributed by atoms with E-state index in [-0.39, 0.29) is 30.6 Å². The number of benzene rings is 1. The number of rotatable bonds is 5. The predicted molar refractivity (Wildman–Crippen MR) is 91.0 cm³/mol. The smallest absolute Gasteiger partial charge is 0.308 e. The summed E-state index contributed by atoms with van der Waals surface area (Å²) in [6, 6.07) is 5.40. The molecule has 2 rings (SSSR count). The molecule has 0 aliphatic carbocycles. The zero-order valence-corrected chi connectivity index (χ0v) is 14.5. The molecular formula is C19H25NO4. The molecule has 1 aromatic carbocycles. The van der Waals surface area contributed by atoms with E-state index in [4.69, 9.17) is 0 Å². The van der Waals surface area contributed by atoms with Crippen LogP contribution in [0.25, 0.3) is 0 Å². The first-order valence-electron chi connectivity index (χ1n) is 8.44. The normalized spacial score (nSPS) is 20.7. The number of hydrogen-bond acceptors (Lipinski definition) is 3.